The zero-order valence-electron chi connectivity index (χ0n) is 20.5. The van der Waals surface area contributed by atoms with E-state index >= 15 is 0 Å². The van der Waals surface area contributed by atoms with Gasteiger partial charge in [0.1, 0.15) is 0 Å². The maximum absolute atomic E-state index is 13.8. The first-order valence-corrected chi connectivity index (χ1v) is 12.3. The Bertz CT molecular complexity index is 1010. The Morgan fingerprint density at radius 3 is 2.24 bits per heavy atom. The number of hydrogen-bond donors (Lipinski definition) is 1. The minimum Gasteiger partial charge on any atom is -0.377 e. The van der Waals surface area contributed by atoms with Gasteiger partial charge in [-0.15, -0.1) is 0 Å². The summed E-state index contributed by atoms with van der Waals surface area (Å²) in [5, 5.41) is 2.98. The fourth-order valence-corrected chi connectivity index (χ4v) is 4.93. The standard InChI is InChI=1S/C27H35F3N2O2/c1-17-23(25(33)31-22-15-34-16-22)13-24(32(17)14-18-8-6-5-7-9-18)19-10-20(26(2,3)4)12-21(11-19)27(28,29)30/h10-13,18,22H,5-9,14-16H2,1-4H3,(H,31,33). The van der Waals surface area contributed by atoms with E-state index in [1.807, 2.05) is 33.8 Å². The molecule has 1 N–H and O–H groups in total. The summed E-state index contributed by atoms with van der Waals surface area (Å²) in [7, 11) is 0. The Balaban J connectivity index is 1.81. The van der Waals surface area contributed by atoms with Crippen LogP contribution in [0.15, 0.2) is 24.3 Å². The molecule has 7 heteroatoms. The summed E-state index contributed by atoms with van der Waals surface area (Å²) in [6, 6.07) is 6.08. The van der Waals surface area contributed by atoms with E-state index < -0.39 is 17.2 Å². The second kappa shape index (κ2) is 9.40. The van der Waals surface area contributed by atoms with Crippen molar-refractivity contribution in [3.8, 4) is 11.3 Å². The Morgan fingerprint density at radius 1 is 1.03 bits per heavy atom. The van der Waals surface area contributed by atoms with Gasteiger partial charge in [-0.25, -0.2) is 0 Å². The van der Waals surface area contributed by atoms with Gasteiger partial charge in [-0.2, -0.15) is 13.2 Å². The zero-order valence-corrected chi connectivity index (χ0v) is 20.5. The molecule has 1 aliphatic carbocycles. The topological polar surface area (TPSA) is 43.3 Å². The van der Waals surface area contributed by atoms with Crippen LogP contribution in [0.25, 0.3) is 11.3 Å². The zero-order chi connectivity index (χ0) is 24.7. The number of benzene rings is 1. The normalized spacial score (nSPS) is 18.1. The lowest BCUT2D eigenvalue weighted by Crippen LogP contribution is -2.48. The molecule has 0 bridgehead atoms. The van der Waals surface area contributed by atoms with Crippen LogP contribution in [0.5, 0.6) is 0 Å². The molecule has 1 amide bonds. The molecule has 34 heavy (non-hydrogen) atoms. The second-order valence-corrected chi connectivity index (χ2v) is 10.9. The van der Waals surface area contributed by atoms with Crippen LogP contribution >= 0.6 is 0 Å². The van der Waals surface area contributed by atoms with Gasteiger partial charge in [0, 0.05) is 17.9 Å². The van der Waals surface area contributed by atoms with Crippen molar-refractivity contribution in [1.82, 2.24) is 9.88 Å². The first kappa shape index (κ1) is 24.8. The van der Waals surface area contributed by atoms with Gasteiger partial charge in [0.25, 0.3) is 5.91 Å². The molecule has 1 aromatic heterocycles. The van der Waals surface area contributed by atoms with E-state index in [4.69, 9.17) is 4.74 Å². The lowest BCUT2D eigenvalue weighted by atomic mass is 9.84. The maximum atomic E-state index is 13.8. The van der Waals surface area contributed by atoms with Crippen molar-refractivity contribution < 1.29 is 22.7 Å². The lowest BCUT2D eigenvalue weighted by molar-refractivity contribution is -0.137. The summed E-state index contributed by atoms with van der Waals surface area (Å²) < 4.78 is 48.8. The first-order valence-electron chi connectivity index (χ1n) is 12.3. The van der Waals surface area contributed by atoms with Gasteiger partial charge in [-0.1, -0.05) is 40.0 Å². The molecular formula is C27H35F3N2O2. The Hall–Kier alpha value is -2.28. The summed E-state index contributed by atoms with van der Waals surface area (Å²) in [6.45, 7) is 9.33. The number of carbonyl (C=O) groups excluding carboxylic acids is 1. The van der Waals surface area contributed by atoms with Crippen LogP contribution in [0.3, 0.4) is 0 Å². The number of nitrogens with zero attached hydrogens (tertiary/aromatic N) is 1. The average molecular weight is 477 g/mol. The monoisotopic (exact) mass is 476 g/mol. The second-order valence-electron chi connectivity index (χ2n) is 10.9. The van der Waals surface area contributed by atoms with E-state index in [1.165, 1.54) is 31.4 Å². The van der Waals surface area contributed by atoms with Gasteiger partial charge in [0.05, 0.1) is 30.4 Å². The van der Waals surface area contributed by atoms with Crippen molar-refractivity contribution in [2.75, 3.05) is 13.2 Å². The molecule has 0 radical (unpaired) electrons. The van der Waals surface area contributed by atoms with Gasteiger partial charge >= 0.3 is 6.18 Å². The number of ether oxygens (including phenoxy) is 1. The Kier molecular flexibility index (Phi) is 6.87. The van der Waals surface area contributed by atoms with E-state index in [0.29, 0.717) is 48.1 Å². The fourth-order valence-electron chi connectivity index (χ4n) is 4.93. The van der Waals surface area contributed by atoms with E-state index in [2.05, 4.69) is 9.88 Å². The van der Waals surface area contributed by atoms with Crippen LogP contribution in [0.4, 0.5) is 13.2 Å². The molecule has 4 rings (SSSR count). The number of aromatic nitrogens is 1. The average Bonchev–Trinajstić information content (AvgIpc) is 3.06. The van der Waals surface area contributed by atoms with E-state index in [1.54, 1.807) is 6.07 Å². The van der Waals surface area contributed by atoms with Crippen LogP contribution in [-0.4, -0.2) is 29.7 Å². The molecule has 1 saturated heterocycles. The quantitative estimate of drug-likeness (QED) is 0.536. The van der Waals surface area contributed by atoms with Crippen LogP contribution in [-0.2, 0) is 22.9 Å². The number of nitrogens with one attached hydrogen (secondary N) is 1. The molecule has 1 saturated carbocycles. The van der Waals surface area contributed by atoms with E-state index in [0.717, 1.165) is 18.5 Å². The molecule has 2 aliphatic rings. The van der Waals surface area contributed by atoms with Gasteiger partial charge in [0.15, 0.2) is 0 Å². The molecule has 0 spiro atoms. The van der Waals surface area contributed by atoms with Gasteiger partial charge in [0.2, 0.25) is 0 Å². The highest BCUT2D eigenvalue weighted by Gasteiger charge is 2.33. The third kappa shape index (κ3) is 5.35. The maximum Gasteiger partial charge on any atom is 0.416 e. The van der Waals surface area contributed by atoms with Crippen LogP contribution in [0, 0.1) is 12.8 Å². The number of amides is 1. The summed E-state index contributed by atoms with van der Waals surface area (Å²) in [5.74, 6) is 0.264. The molecule has 2 heterocycles. The fraction of sp³-hybridized carbons (Fsp3) is 0.593. The highest BCUT2D eigenvalue weighted by Crippen LogP contribution is 2.38. The SMILES string of the molecule is Cc1c(C(=O)NC2COC2)cc(-c2cc(C(C)(C)C)cc(C(F)(F)F)c2)n1CC1CCCCC1. The van der Waals surface area contributed by atoms with Crippen molar-refractivity contribution >= 4 is 5.91 Å². The van der Waals surface area contributed by atoms with Crippen molar-refractivity contribution in [1.29, 1.82) is 0 Å². The summed E-state index contributed by atoms with van der Waals surface area (Å²) in [5.41, 5.74) is 2.02. The van der Waals surface area contributed by atoms with E-state index in [-0.39, 0.29) is 11.9 Å². The van der Waals surface area contributed by atoms with Gasteiger partial charge in [-0.3, -0.25) is 4.79 Å². The smallest absolute Gasteiger partial charge is 0.377 e. The van der Waals surface area contributed by atoms with Crippen molar-refractivity contribution in [2.24, 2.45) is 5.92 Å². The van der Waals surface area contributed by atoms with Crippen LogP contribution in [0.2, 0.25) is 0 Å². The molecule has 0 unspecified atom stereocenters. The number of halogens is 3. The van der Waals surface area contributed by atoms with Crippen molar-refractivity contribution in [2.45, 2.75) is 84.0 Å². The Labute approximate surface area is 199 Å². The first-order chi connectivity index (χ1) is 15.9. The summed E-state index contributed by atoms with van der Waals surface area (Å²) in [4.78, 5) is 13.1. The van der Waals surface area contributed by atoms with Gasteiger partial charge in [-0.05, 0) is 66.5 Å². The number of hydrogen-bond acceptors (Lipinski definition) is 2. The van der Waals surface area contributed by atoms with Crippen molar-refractivity contribution in [3.05, 3.63) is 46.6 Å². The highest BCUT2D eigenvalue weighted by molar-refractivity contribution is 5.97. The number of rotatable bonds is 5. The molecule has 1 aliphatic heterocycles. The third-order valence-electron chi connectivity index (χ3n) is 7.17. The predicted molar refractivity (Wildman–Crippen MR) is 127 cm³/mol. The van der Waals surface area contributed by atoms with Crippen molar-refractivity contribution in [3.63, 3.8) is 0 Å². The van der Waals surface area contributed by atoms with Crippen LogP contribution in [0.1, 0.15) is 80.1 Å². The molecule has 186 valence electrons. The molecule has 1 aromatic carbocycles. The molecule has 4 nitrogen and oxygen atoms in total. The highest BCUT2D eigenvalue weighted by atomic mass is 19.4. The molecular weight excluding hydrogens is 441 g/mol. The van der Waals surface area contributed by atoms with E-state index in [9.17, 15) is 18.0 Å². The molecule has 2 fully saturated rings. The summed E-state index contributed by atoms with van der Waals surface area (Å²) in [6.07, 6.45) is 1.34. The Morgan fingerprint density at radius 2 is 1.68 bits per heavy atom. The minimum atomic E-state index is -4.45. The molecule has 0 atom stereocenters. The summed E-state index contributed by atoms with van der Waals surface area (Å²) >= 11 is 0. The number of alkyl halides is 3. The number of carbonyl (C=O) groups is 1. The predicted octanol–water partition coefficient (Wildman–Crippen LogP) is 6.49. The third-order valence-corrected chi connectivity index (χ3v) is 7.17. The minimum absolute atomic E-state index is 0.0157. The van der Waals surface area contributed by atoms with Gasteiger partial charge < -0.3 is 14.6 Å². The molecule has 2 aromatic rings. The lowest BCUT2D eigenvalue weighted by Gasteiger charge is -2.27. The van der Waals surface area contributed by atoms with Crippen LogP contribution < -0.4 is 5.32 Å². The largest absolute Gasteiger partial charge is 0.416 e.